The molecule has 19 heavy (non-hydrogen) atoms. The minimum Gasteiger partial charge on any atom is -0.380 e. The van der Waals surface area contributed by atoms with Crippen LogP contribution in [0.15, 0.2) is 24.3 Å². The Hall–Kier alpha value is -0.900. The highest BCUT2D eigenvalue weighted by molar-refractivity contribution is 5.22. The average Bonchev–Trinajstić information content (AvgIpc) is 2.41. The van der Waals surface area contributed by atoms with E-state index in [-0.39, 0.29) is 0 Å². The van der Waals surface area contributed by atoms with Gasteiger partial charge in [-0.05, 0) is 19.4 Å². The van der Waals surface area contributed by atoms with Gasteiger partial charge in [-0.25, -0.2) is 0 Å². The highest BCUT2D eigenvalue weighted by atomic mass is 16.5. The molecule has 0 bridgehead atoms. The van der Waals surface area contributed by atoms with Crippen molar-refractivity contribution in [3.05, 3.63) is 35.4 Å². The van der Waals surface area contributed by atoms with E-state index in [1.54, 1.807) is 0 Å². The summed E-state index contributed by atoms with van der Waals surface area (Å²) in [6.07, 6.45) is 0. The highest BCUT2D eigenvalue weighted by Crippen LogP contribution is 2.10. The summed E-state index contributed by atoms with van der Waals surface area (Å²) in [4.78, 5) is 5.05. The van der Waals surface area contributed by atoms with E-state index in [0.29, 0.717) is 0 Å². The molecular formula is C16H26N2O. The molecule has 3 heteroatoms. The average molecular weight is 262 g/mol. The molecular weight excluding hydrogens is 236 g/mol. The van der Waals surface area contributed by atoms with E-state index in [1.165, 1.54) is 37.3 Å². The zero-order valence-corrected chi connectivity index (χ0v) is 12.3. The lowest BCUT2D eigenvalue weighted by Gasteiger charge is -2.34. The van der Waals surface area contributed by atoms with Crippen molar-refractivity contribution in [1.82, 2.24) is 9.80 Å². The van der Waals surface area contributed by atoms with Crippen LogP contribution >= 0.6 is 0 Å². The van der Waals surface area contributed by atoms with Gasteiger partial charge in [0, 0.05) is 45.9 Å². The van der Waals surface area contributed by atoms with Gasteiger partial charge in [0.2, 0.25) is 0 Å². The Balaban J connectivity index is 1.71. The molecule has 1 aromatic rings. The first-order chi connectivity index (χ1) is 9.28. The van der Waals surface area contributed by atoms with Crippen LogP contribution in [0.3, 0.4) is 0 Å². The van der Waals surface area contributed by atoms with Gasteiger partial charge >= 0.3 is 0 Å². The summed E-state index contributed by atoms with van der Waals surface area (Å²) in [6, 6.07) is 8.84. The lowest BCUT2D eigenvalue weighted by Crippen LogP contribution is -2.46. The topological polar surface area (TPSA) is 15.7 Å². The van der Waals surface area contributed by atoms with Gasteiger partial charge in [0.1, 0.15) is 0 Å². The van der Waals surface area contributed by atoms with Crippen molar-refractivity contribution in [2.45, 2.75) is 20.4 Å². The molecule has 0 aromatic heterocycles. The molecule has 0 saturated carbocycles. The van der Waals surface area contributed by atoms with Crippen molar-refractivity contribution in [1.29, 1.82) is 0 Å². The molecule has 1 aliphatic heterocycles. The standard InChI is InChI=1S/C16H26N2O/c1-3-19-12-11-17-7-9-18(10-8-17)14-16-6-4-5-15(2)13-16/h4-6,13H,3,7-12,14H2,1-2H3. The molecule has 0 radical (unpaired) electrons. The van der Waals surface area contributed by atoms with Crippen LogP contribution in [0, 0.1) is 6.92 Å². The van der Waals surface area contributed by atoms with E-state index in [1.807, 2.05) is 0 Å². The molecule has 1 aliphatic rings. The molecule has 0 amide bonds. The number of benzene rings is 1. The van der Waals surface area contributed by atoms with Crippen molar-refractivity contribution in [2.75, 3.05) is 45.9 Å². The second-order valence-electron chi connectivity index (χ2n) is 5.30. The van der Waals surface area contributed by atoms with E-state index in [4.69, 9.17) is 4.74 Å². The zero-order valence-electron chi connectivity index (χ0n) is 12.3. The molecule has 0 aliphatic carbocycles. The van der Waals surface area contributed by atoms with Gasteiger partial charge in [-0.1, -0.05) is 29.8 Å². The summed E-state index contributed by atoms with van der Waals surface area (Å²) < 4.78 is 5.42. The van der Waals surface area contributed by atoms with E-state index in [9.17, 15) is 0 Å². The van der Waals surface area contributed by atoms with Gasteiger partial charge in [-0.3, -0.25) is 9.80 Å². The molecule has 2 rings (SSSR count). The first-order valence-corrected chi connectivity index (χ1v) is 7.36. The Morgan fingerprint density at radius 1 is 1.11 bits per heavy atom. The summed E-state index contributed by atoms with van der Waals surface area (Å²) in [5.74, 6) is 0. The smallest absolute Gasteiger partial charge is 0.0593 e. The van der Waals surface area contributed by atoms with Crippen molar-refractivity contribution < 1.29 is 4.74 Å². The molecule has 0 atom stereocenters. The minimum atomic E-state index is 0.827. The second kappa shape index (κ2) is 7.63. The molecule has 3 nitrogen and oxygen atoms in total. The SMILES string of the molecule is CCOCCN1CCN(Cc2cccc(C)c2)CC1. The molecule has 0 unspecified atom stereocenters. The number of hydrogen-bond acceptors (Lipinski definition) is 3. The Morgan fingerprint density at radius 2 is 1.84 bits per heavy atom. The Kier molecular flexibility index (Phi) is 5.83. The maximum Gasteiger partial charge on any atom is 0.0593 e. The van der Waals surface area contributed by atoms with Crippen LogP contribution in [0.5, 0.6) is 0 Å². The normalized spacial score (nSPS) is 17.8. The molecule has 1 aromatic carbocycles. The predicted molar refractivity (Wildman–Crippen MR) is 79.4 cm³/mol. The fourth-order valence-electron chi connectivity index (χ4n) is 2.58. The lowest BCUT2D eigenvalue weighted by molar-refractivity contribution is 0.0786. The number of hydrogen-bond donors (Lipinski definition) is 0. The van der Waals surface area contributed by atoms with Crippen LogP contribution in [-0.2, 0) is 11.3 Å². The largest absolute Gasteiger partial charge is 0.380 e. The van der Waals surface area contributed by atoms with E-state index in [0.717, 1.165) is 26.3 Å². The summed E-state index contributed by atoms with van der Waals surface area (Å²) >= 11 is 0. The van der Waals surface area contributed by atoms with Gasteiger partial charge < -0.3 is 4.74 Å². The first kappa shape index (κ1) is 14.5. The van der Waals surface area contributed by atoms with E-state index < -0.39 is 0 Å². The number of rotatable bonds is 6. The van der Waals surface area contributed by atoms with Gasteiger partial charge in [0.15, 0.2) is 0 Å². The van der Waals surface area contributed by atoms with Gasteiger partial charge in [0.05, 0.1) is 6.61 Å². The van der Waals surface area contributed by atoms with Crippen LogP contribution < -0.4 is 0 Å². The van der Waals surface area contributed by atoms with E-state index in [2.05, 4.69) is 47.9 Å². The van der Waals surface area contributed by atoms with Crippen LogP contribution in [0.4, 0.5) is 0 Å². The number of ether oxygens (including phenoxy) is 1. The monoisotopic (exact) mass is 262 g/mol. The zero-order chi connectivity index (χ0) is 13.5. The summed E-state index contributed by atoms with van der Waals surface area (Å²) in [7, 11) is 0. The molecule has 0 N–H and O–H groups in total. The third-order valence-corrected chi connectivity index (χ3v) is 3.71. The number of piperazine rings is 1. The van der Waals surface area contributed by atoms with Crippen molar-refractivity contribution in [3.8, 4) is 0 Å². The van der Waals surface area contributed by atoms with Crippen molar-refractivity contribution >= 4 is 0 Å². The van der Waals surface area contributed by atoms with Crippen molar-refractivity contribution in [3.63, 3.8) is 0 Å². The van der Waals surface area contributed by atoms with Gasteiger partial charge in [0.25, 0.3) is 0 Å². The first-order valence-electron chi connectivity index (χ1n) is 7.36. The Morgan fingerprint density at radius 3 is 2.53 bits per heavy atom. The van der Waals surface area contributed by atoms with Gasteiger partial charge in [-0.2, -0.15) is 0 Å². The fourth-order valence-corrected chi connectivity index (χ4v) is 2.58. The quantitative estimate of drug-likeness (QED) is 0.731. The molecule has 0 spiro atoms. The molecule has 106 valence electrons. The van der Waals surface area contributed by atoms with Crippen molar-refractivity contribution in [2.24, 2.45) is 0 Å². The summed E-state index contributed by atoms with van der Waals surface area (Å²) in [6.45, 7) is 12.7. The minimum absolute atomic E-state index is 0.827. The number of nitrogens with zero attached hydrogens (tertiary/aromatic N) is 2. The maximum atomic E-state index is 5.42. The Bertz CT molecular complexity index is 373. The summed E-state index contributed by atoms with van der Waals surface area (Å²) in [5, 5.41) is 0. The Labute approximate surface area is 117 Å². The van der Waals surface area contributed by atoms with Gasteiger partial charge in [-0.15, -0.1) is 0 Å². The van der Waals surface area contributed by atoms with Crippen LogP contribution in [0.25, 0.3) is 0 Å². The van der Waals surface area contributed by atoms with Crippen LogP contribution in [-0.4, -0.2) is 55.7 Å². The summed E-state index contributed by atoms with van der Waals surface area (Å²) in [5.41, 5.74) is 2.79. The second-order valence-corrected chi connectivity index (χ2v) is 5.30. The fraction of sp³-hybridized carbons (Fsp3) is 0.625. The predicted octanol–water partition coefficient (Wildman–Crippen LogP) is 2.15. The third kappa shape index (κ3) is 4.94. The lowest BCUT2D eigenvalue weighted by atomic mass is 10.1. The third-order valence-electron chi connectivity index (χ3n) is 3.71. The van der Waals surface area contributed by atoms with E-state index >= 15 is 0 Å². The molecule has 1 fully saturated rings. The molecule has 1 saturated heterocycles. The maximum absolute atomic E-state index is 5.42. The molecule has 1 heterocycles. The van der Waals surface area contributed by atoms with Crippen LogP contribution in [0.1, 0.15) is 18.1 Å². The van der Waals surface area contributed by atoms with Crippen LogP contribution in [0.2, 0.25) is 0 Å². The highest BCUT2D eigenvalue weighted by Gasteiger charge is 2.16. The number of aryl methyl sites for hydroxylation is 1.